The number of nitrogens with zero attached hydrogens (tertiary/aromatic N) is 6. The topological polar surface area (TPSA) is 476 Å². The average molecular weight is 1240 g/mol. The molecule has 0 saturated carbocycles. The minimum atomic E-state index is -5.12. The molecule has 0 aliphatic carbocycles. The third-order valence-corrected chi connectivity index (χ3v) is 15.6. The first kappa shape index (κ1) is 61.0. The van der Waals surface area contributed by atoms with Crippen molar-refractivity contribution in [2.45, 2.75) is 29.4 Å². The molecule has 8 aromatic rings. The second-order valence-electron chi connectivity index (χ2n) is 16.2. The Balaban J connectivity index is 0.00000946. The van der Waals surface area contributed by atoms with Crippen molar-refractivity contribution in [2.24, 2.45) is 0 Å². The zero-order chi connectivity index (χ0) is 58.0. The van der Waals surface area contributed by atoms with Gasteiger partial charge in [0.2, 0.25) is 35.7 Å². The Kier molecular flexibility index (Phi) is 17.9. The molecule has 12 N–H and O–H groups in total. The van der Waals surface area contributed by atoms with Gasteiger partial charge in [0, 0.05) is 34.1 Å². The summed E-state index contributed by atoms with van der Waals surface area (Å²) in [4.78, 5) is 21.7. The van der Waals surface area contributed by atoms with E-state index in [-0.39, 0.29) is 110 Å². The minimum absolute atomic E-state index is 0. The SMILES string of the molecule is O=S(=O)(O)c1cccc(Nc2nc(Nc3cccc(S(=O)(=O)O)c3)nc(Nc3ccc(/C=C/c4ccc(Nc5nc(Nc6cccc(S(=O)(=O)O)c6)nc(Nc6cccc(S(=O)(=O)O)c6)n5)cc4S(=O)(=O)O)c(S(=O)(=O)O)c3)n2)c1.[NaH]. The number of hydrogen-bond acceptors (Lipinski definition) is 24. The van der Waals surface area contributed by atoms with Gasteiger partial charge in [-0.05, 0) is 108 Å². The second kappa shape index (κ2) is 23.8. The maximum atomic E-state index is 12.9. The summed E-state index contributed by atoms with van der Waals surface area (Å²) in [5.74, 6) is -1.95. The van der Waals surface area contributed by atoms with Crippen LogP contribution in [0.3, 0.4) is 0 Å². The molecule has 0 bridgehead atoms. The molecule has 2 heterocycles. The number of rotatable bonds is 20. The van der Waals surface area contributed by atoms with Crippen molar-refractivity contribution in [3.05, 3.63) is 145 Å². The monoisotopic (exact) mass is 1240 g/mol. The Morgan fingerprint density at radius 3 is 0.691 bits per heavy atom. The number of nitrogens with one attached hydrogen (secondary N) is 6. The molecular formula is C44H37N12NaO18S6. The molecule has 8 rings (SSSR count). The fourth-order valence-corrected chi connectivity index (χ4v) is 10.5. The summed E-state index contributed by atoms with van der Waals surface area (Å²) < 4.78 is 205. The van der Waals surface area contributed by atoms with Gasteiger partial charge in [-0.3, -0.25) is 27.3 Å². The van der Waals surface area contributed by atoms with Crippen LogP contribution in [0.4, 0.5) is 69.8 Å². The van der Waals surface area contributed by atoms with E-state index in [9.17, 15) is 77.8 Å². The fraction of sp³-hybridized carbons (Fsp3) is 0. The molecule has 418 valence electrons. The molecule has 0 fully saturated rings. The van der Waals surface area contributed by atoms with E-state index in [0.717, 1.165) is 72.8 Å². The van der Waals surface area contributed by atoms with Crippen LogP contribution in [0, 0.1) is 0 Å². The normalized spacial score (nSPS) is 12.3. The van der Waals surface area contributed by atoms with Gasteiger partial charge in [-0.1, -0.05) is 48.6 Å². The Hall–Kier alpha value is -7.66. The van der Waals surface area contributed by atoms with Crippen molar-refractivity contribution in [1.29, 1.82) is 0 Å². The van der Waals surface area contributed by atoms with Crippen molar-refractivity contribution in [3.8, 4) is 0 Å². The van der Waals surface area contributed by atoms with E-state index >= 15 is 0 Å². The molecule has 30 nitrogen and oxygen atoms in total. The van der Waals surface area contributed by atoms with Gasteiger partial charge in [0.15, 0.2) is 0 Å². The van der Waals surface area contributed by atoms with Crippen LogP contribution in [0.2, 0.25) is 0 Å². The van der Waals surface area contributed by atoms with Crippen LogP contribution in [0.15, 0.2) is 163 Å². The summed E-state index contributed by atoms with van der Waals surface area (Å²) in [7, 11) is -28.9. The van der Waals surface area contributed by atoms with E-state index in [1.165, 1.54) is 72.8 Å². The summed E-state index contributed by atoms with van der Waals surface area (Å²) in [5, 5.41) is 16.3. The number of aromatic nitrogens is 6. The van der Waals surface area contributed by atoms with E-state index in [2.05, 4.69) is 61.8 Å². The Morgan fingerprint density at radius 1 is 0.284 bits per heavy atom. The van der Waals surface area contributed by atoms with Gasteiger partial charge in [0.1, 0.15) is 9.79 Å². The van der Waals surface area contributed by atoms with Crippen LogP contribution >= 0.6 is 0 Å². The molecule has 2 aromatic heterocycles. The van der Waals surface area contributed by atoms with Gasteiger partial charge < -0.3 is 31.9 Å². The van der Waals surface area contributed by atoms with Gasteiger partial charge in [0.05, 0.1) is 19.6 Å². The van der Waals surface area contributed by atoms with E-state index in [1.54, 1.807) is 0 Å². The molecule has 0 atom stereocenters. The molecule has 0 aliphatic heterocycles. The molecule has 0 amide bonds. The molecule has 0 unspecified atom stereocenters. The number of benzene rings is 6. The number of anilines is 12. The molecule has 0 aliphatic rings. The van der Waals surface area contributed by atoms with E-state index in [4.69, 9.17) is 0 Å². The van der Waals surface area contributed by atoms with Gasteiger partial charge in [-0.2, -0.15) is 80.4 Å². The van der Waals surface area contributed by atoms with Gasteiger partial charge in [0.25, 0.3) is 60.7 Å². The van der Waals surface area contributed by atoms with E-state index < -0.39 is 90.1 Å². The second-order valence-corrected chi connectivity index (χ2v) is 24.6. The molecule has 6 aromatic carbocycles. The molecular weight excluding hydrogens is 1200 g/mol. The summed E-state index contributed by atoms with van der Waals surface area (Å²) in [6, 6.07) is 26.0. The summed E-state index contributed by atoms with van der Waals surface area (Å²) in [6.45, 7) is 0. The zero-order valence-corrected chi connectivity index (χ0v) is 44.5. The van der Waals surface area contributed by atoms with Crippen LogP contribution in [-0.4, -0.2) is 137 Å². The summed E-state index contributed by atoms with van der Waals surface area (Å²) in [5.41, 5.74) is -0.556. The molecule has 0 spiro atoms. The average Bonchev–Trinajstić information content (AvgIpc) is 3.41. The first-order valence-corrected chi connectivity index (χ1v) is 30.3. The van der Waals surface area contributed by atoms with E-state index in [1.807, 2.05) is 0 Å². The Labute approximate surface area is 482 Å². The standard InChI is InChI=1S/C44H36N12O18S6.Na.H/c57-75(58,59)33-9-1-5-27(19-33)45-39-51-40(46-28-6-2-10-34(20-28)76(60,61)62)54-43(53-39)49-31-17-15-25(37(23-31)79(69,70)71)13-14-26-16-18-32(24-38(26)80(72,73)74)50-44-55-41(47-29-7-3-11-35(21-29)77(63,64)65)52-42(56-44)48-30-8-4-12-36(22-30)78(66,67)68;;/h1-24H,(H,57,58,59)(H,60,61,62)(H,63,64,65)(H,66,67,68)(H,69,70,71)(H,72,73,74)(H3,45,46,49,51,53,54)(H3,47,48,50,52,55,56);;/b14-13+;;. The quantitative estimate of drug-likeness (QED) is 0.0254. The first-order valence-electron chi connectivity index (χ1n) is 21.7. The fourth-order valence-electron chi connectivity index (χ4n) is 6.93. The van der Waals surface area contributed by atoms with Crippen LogP contribution in [0.5, 0.6) is 0 Å². The van der Waals surface area contributed by atoms with E-state index in [0.29, 0.717) is 0 Å². The van der Waals surface area contributed by atoms with Crippen molar-refractivity contribution in [2.75, 3.05) is 31.9 Å². The van der Waals surface area contributed by atoms with Crippen LogP contribution < -0.4 is 31.9 Å². The van der Waals surface area contributed by atoms with Crippen molar-refractivity contribution >= 4 is 172 Å². The number of hydrogen-bond donors (Lipinski definition) is 12. The molecule has 0 saturated heterocycles. The van der Waals surface area contributed by atoms with Crippen LogP contribution in [-0.2, 0) is 60.7 Å². The Morgan fingerprint density at radius 2 is 0.494 bits per heavy atom. The first-order chi connectivity index (χ1) is 37.3. The van der Waals surface area contributed by atoms with Crippen LogP contribution in [0.25, 0.3) is 12.2 Å². The summed E-state index contributed by atoms with van der Waals surface area (Å²) >= 11 is 0. The summed E-state index contributed by atoms with van der Waals surface area (Å²) in [6.07, 6.45) is 2.16. The van der Waals surface area contributed by atoms with Gasteiger partial charge in [-0.15, -0.1) is 0 Å². The van der Waals surface area contributed by atoms with Gasteiger partial charge >= 0.3 is 29.6 Å². The van der Waals surface area contributed by atoms with Gasteiger partial charge in [-0.25, -0.2) is 0 Å². The van der Waals surface area contributed by atoms with Crippen molar-refractivity contribution < 1.29 is 77.8 Å². The predicted octanol–water partition coefficient (Wildman–Crippen LogP) is 5.52. The molecule has 37 heteroatoms. The van der Waals surface area contributed by atoms with Crippen molar-refractivity contribution in [1.82, 2.24) is 29.9 Å². The molecule has 81 heavy (non-hydrogen) atoms. The molecule has 0 radical (unpaired) electrons. The predicted molar refractivity (Wildman–Crippen MR) is 293 cm³/mol. The Bertz CT molecular complexity index is 4050. The maximum absolute atomic E-state index is 12.9. The zero-order valence-electron chi connectivity index (χ0n) is 39.6. The van der Waals surface area contributed by atoms with Crippen molar-refractivity contribution in [3.63, 3.8) is 0 Å². The third kappa shape index (κ3) is 16.5. The van der Waals surface area contributed by atoms with Crippen LogP contribution in [0.1, 0.15) is 11.1 Å². The third-order valence-electron chi connectivity index (χ3n) is 10.4.